The molecule has 0 amide bonds. The molecule has 0 unspecified atom stereocenters. The van der Waals surface area contributed by atoms with Crippen LogP contribution in [0.3, 0.4) is 0 Å². The Morgan fingerprint density at radius 1 is 1.17 bits per heavy atom. The van der Waals surface area contributed by atoms with Crippen LogP contribution in [0.4, 0.5) is 0 Å². The SMILES string of the molecule is CS(=O)(=O)c1ccc([As]=O)cc1. The third-order valence-electron chi connectivity index (χ3n) is 1.37. The van der Waals surface area contributed by atoms with Crippen LogP contribution in [-0.2, 0) is 13.6 Å². The molecule has 0 aliphatic heterocycles. The molecule has 64 valence electrons. The second kappa shape index (κ2) is 3.50. The van der Waals surface area contributed by atoms with Gasteiger partial charge in [0, 0.05) is 0 Å². The third-order valence-corrected chi connectivity index (χ3v) is 3.57. The molecule has 0 spiro atoms. The first-order chi connectivity index (χ1) is 5.54. The molecule has 0 saturated heterocycles. The van der Waals surface area contributed by atoms with Crippen molar-refractivity contribution in [3.05, 3.63) is 24.3 Å². The molecule has 1 aromatic rings. The molecule has 12 heavy (non-hydrogen) atoms. The summed E-state index contributed by atoms with van der Waals surface area (Å²) in [6.45, 7) is 0. The molecule has 0 aromatic heterocycles. The number of benzene rings is 1. The van der Waals surface area contributed by atoms with E-state index < -0.39 is 25.5 Å². The van der Waals surface area contributed by atoms with Crippen LogP contribution in [0.1, 0.15) is 0 Å². The summed E-state index contributed by atoms with van der Waals surface area (Å²) in [5.41, 5.74) is 0. The Bertz CT molecular complexity index is 380. The molecule has 0 bridgehead atoms. The van der Waals surface area contributed by atoms with Crippen LogP contribution < -0.4 is 4.35 Å². The van der Waals surface area contributed by atoms with E-state index in [1.807, 2.05) is 0 Å². The van der Waals surface area contributed by atoms with Crippen molar-refractivity contribution in [2.75, 3.05) is 6.26 Å². The van der Waals surface area contributed by atoms with Crippen molar-refractivity contribution in [3.63, 3.8) is 0 Å². The standard InChI is InChI=1S/C7H7AsO3S/c1-12(10,11)7-4-2-6(8-9)3-5-7/h2-5H,1H3. The number of hydrogen-bond acceptors (Lipinski definition) is 3. The molecular formula is C7H7AsO3S. The molecule has 1 aromatic carbocycles. The van der Waals surface area contributed by atoms with Gasteiger partial charge in [-0.1, -0.05) is 0 Å². The van der Waals surface area contributed by atoms with E-state index in [2.05, 4.69) is 0 Å². The Hall–Kier alpha value is -0.472. The normalized spacial score (nSPS) is 11.8. The average Bonchev–Trinajstić information content (AvgIpc) is 2.03. The number of rotatable bonds is 2. The zero-order valence-corrected chi connectivity index (χ0v) is 9.08. The van der Waals surface area contributed by atoms with Gasteiger partial charge in [0.15, 0.2) is 0 Å². The van der Waals surface area contributed by atoms with Gasteiger partial charge in [0.2, 0.25) is 0 Å². The summed E-state index contributed by atoms with van der Waals surface area (Å²) in [6, 6.07) is 6.09. The van der Waals surface area contributed by atoms with Crippen LogP contribution in [0.15, 0.2) is 29.2 Å². The van der Waals surface area contributed by atoms with Gasteiger partial charge in [0.05, 0.1) is 0 Å². The van der Waals surface area contributed by atoms with Gasteiger partial charge in [-0.05, 0) is 0 Å². The number of sulfone groups is 1. The van der Waals surface area contributed by atoms with Gasteiger partial charge in [-0.25, -0.2) is 0 Å². The first-order valence-corrected chi connectivity index (χ1v) is 6.77. The third kappa shape index (κ3) is 2.26. The fourth-order valence-electron chi connectivity index (χ4n) is 0.754. The van der Waals surface area contributed by atoms with Crippen LogP contribution in [0, 0.1) is 0 Å². The first kappa shape index (κ1) is 9.62. The maximum absolute atomic E-state index is 11.0. The molecule has 0 saturated carbocycles. The van der Waals surface area contributed by atoms with E-state index in [4.69, 9.17) is 0 Å². The second-order valence-corrected chi connectivity index (χ2v) is 5.84. The zero-order chi connectivity index (χ0) is 9.19. The Labute approximate surface area is 77.6 Å². The maximum atomic E-state index is 11.0. The van der Waals surface area contributed by atoms with Crippen molar-refractivity contribution < 1.29 is 12.2 Å². The summed E-state index contributed by atoms with van der Waals surface area (Å²) in [4.78, 5) is 0.265. The molecule has 5 heteroatoms. The molecule has 0 N–H and O–H groups in total. The molecule has 0 heterocycles. The summed E-state index contributed by atoms with van der Waals surface area (Å²) >= 11 is -1.06. The second-order valence-electron chi connectivity index (χ2n) is 2.36. The van der Waals surface area contributed by atoms with Crippen molar-refractivity contribution in [3.8, 4) is 0 Å². The van der Waals surface area contributed by atoms with Crippen LogP contribution >= 0.6 is 0 Å². The van der Waals surface area contributed by atoms with Crippen molar-refractivity contribution in [2.24, 2.45) is 0 Å². The molecule has 0 fully saturated rings. The molecule has 3 nitrogen and oxygen atoms in total. The van der Waals surface area contributed by atoms with Crippen LogP contribution in [0.5, 0.6) is 0 Å². The summed E-state index contributed by atoms with van der Waals surface area (Å²) in [7, 11) is -3.12. The summed E-state index contributed by atoms with van der Waals surface area (Å²) in [5, 5.41) is 0. The Balaban J connectivity index is 3.17. The van der Waals surface area contributed by atoms with E-state index in [-0.39, 0.29) is 4.90 Å². The quantitative estimate of drug-likeness (QED) is 0.677. The average molecular weight is 246 g/mol. The predicted molar refractivity (Wildman–Crippen MR) is 45.6 cm³/mol. The van der Waals surface area contributed by atoms with Crippen LogP contribution in [-0.4, -0.2) is 30.4 Å². The van der Waals surface area contributed by atoms with Crippen LogP contribution in [0.25, 0.3) is 0 Å². The fourth-order valence-corrected chi connectivity index (χ4v) is 1.95. The van der Waals surface area contributed by atoms with E-state index in [9.17, 15) is 12.2 Å². The van der Waals surface area contributed by atoms with Gasteiger partial charge in [-0.15, -0.1) is 0 Å². The van der Waals surface area contributed by atoms with Gasteiger partial charge < -0.3 is 0 Å². The van der Waals surface area contributed by atoms with E-state index in [0.29, 0.717) is 4.35 Å². The molecule has 0 radical (unpaired) electrons. The molecule has 0 aliphatic rings. The monoisotopic (exact) mass is 246 g/mol. The Morgan fingerprint density at radius 2 is 1.67 bits per heavy atom. The summed E-state index contributed by atoms with van der Waals surface area (Å²) in [6.07, 6.45) is 1.15. The van der Waals surface area contributed by atoms with Crippen molar-refractivity contribution in [1.82, 2.24) is 0 Å². The van der Waals surface area contributed by atoms with E-state index >= 15 is 0 Å². The fraction of sp³-hybridized carbons (Fsp3) is 0.143. The van der Waals surface area contributed by atoms with E-state index in [1.165, 1.54) is 12.1 Å². The topological polar surface area (TPSA) is 51.2 Å². The van der Waals surface area contributed by atoms with Crippen molar-refractivity contribution >= 4 is 29.9 Å². The molecular weight excluding hydrogens is 239 g/mol. The molecule has 0 aliphatic carbocycles. The van der Waals surface area contributed by atoms with E-state index in [1.54, 1.807) is 12.1 Å². The minimum absolute atomic E-state index is 0.265. The minimum atomic E-state index is -3.12. The van der Waals surface area contributed by atoms with Gasteiger partial charge in [0.25, 0.3) is 0 Å². The van der Waals surface area contributed by atoms with Crippen molar-refractivity contribution in [2.45, 2.75) is 4.90 Å². The van der Waals surface area contributed by atoms with E-state index in [0.717, 1.165) is 6.26 Å². The number of hydrogen-bond donors (Lipinski definition) is 0. The van der Waals surface area contributed by atoms with Gasteiger partial charge in [0.1, 0.15) is 0 Å². The summed E-state index contributed by atoms with van der Waals surface area (Å²) < 4.78 is 33.1. The molecule has 1 rings (SSSR count). The Kier molecular flexibility index (Phi) is 2.80. The first-order valence-electron chi connectivity index (χ1n) is 3.17. The van der Waals surface area contributed by atoms with Gasteiger partial charge >= 0.3 is 77.5 Å². The Morgan fingerprint density at radius 3 is 2.00 bits per heavy atom. The van der Waals surface area contributed by atoms with Crippen molar-refractivity contribution in [1.29, 1.82) is 0 Å². The van der Waals surface area contributed by atoms with Crippen LogP contribution in [0.2, 0.25) is 0 Å². The predicted octanol–water partition coefficient (Wildman–Crippen LogP) is -0.235. The zero-order valence-electron chi connectivity index (χ0n) is 6.39. The van der Waals surface area contributed by atoms with Gasteiger partial charge in [-0.3, -0.25) is 0 Å². The van der Waals surface area contributed by atoms with Gasteiger partial charge in [-0.2, -0.15) is 0 Å². The molecule has 0 atom stereocenters. The summed E-state index contributed by atoms with van der Waals surface area (Å²) in [5.74, 6) is 0.